The van der Waals surface area contributed by atoms with E-state index in [9.17, 15) is 4.79 Å². The molecule has 1 unspecified atom stereocenters. The fourth-order valence-corrected chi connectivity index (χ4v) is 4.13. The number of nitrogens with zero attached hydrogens (tertiary/aromatic N) is 2. The number of ether oxygens (including phenoxy) is 1. The first-order valence-corrected chi connectivity index (χ1v) is 9.93. The second kappa shape index (κ2) is 7.76. The van der Waals surface area contributed by atoms with Crippen LogP contribution in [0.5, 0.6) is 0 Å². The first-order chi connectivity index (χ1) is 13.5. The minimum atomic E-state index is 0.0276. The van der Waals surface area contributed by atoms with Crippen molar-refractivity contribution < 1.29 is 9.53 Å². The summed E-state index contributed by atoms with van der Waals surface area (Å²) in [6.07, 6.45) is 5.71. The number of H-pyrrole nitrogens is 1. The second-order valence-electron chi connectivity index (χ2n) is 7.75. The van der Waals surface area contributed by atoms with Crippen LogP contribution in [0.15, 0.2) is 36.7 Å². The molecule has 1 amide bonds. The second-order valence-corrected chi connectivity index (χ2v) is 7.75. The third-order valence-electron chi connectivity index (χ3n) is 5.69. The van der Waals surface area contributed by atoms with Crippen molar-refractivity contribution in [2.24, 2.45) is 0 Å². The summed E-state index contributed by atoms with van der Waals surface area (Å²) in [4.78, 5) is 23.0. The number of pyridine rings is 1. The number of hydrogen-bond donors (Lipinski definition) is 1. The molecule has 1 saturated heterocycles. The van der Waals surface area contributed by atoms with Gasteiger partial charge in [-0.1, -0.05) is 12.1 Å². The number of fused-ring (bicyclic) bond motifs is 1. The van der Waals surface area contributed by atoms with E-state index in [0.29, 0.717) is 18.8 Å². The Hall–Kier alpha value is -2.66. The van der Waals surface area contributed by atoms with E-state index in [1.54, 1.807) is 12.4 Å². The van der Waals surface area contributed by atoms with E-state index in [1.807, 2.05) is 24.0 Å². The molecule has 1 atom stereocenters. The van der Waals surface area contributed by atoms with Gasteiger partial charge < -0.3 is 14.6 Å². The van der Waals surface area contributed by atoms with Gasteiger partial charge in [0, 0.05) is 43.0 Å². The molecule has 1 aliphatic heterocycles. The van der Waals surface area contributed by atoms with E-state index in [0.717, 1.165) is 47.0 Å². The molecular weight excluding hydrogens is 350 g/mol. The number of carbonyl (C=O) groups is 1. The molecule has 0 bridgehead atoms. The fraction of sp³-hybridized carbons (Fsp3) is 0.391. The summed E-state index contributed by atoms with van der Waals surface area (Å²) in [5, 5.41) is 1.16. The lowest BCUT2D eigenvalue weighted by Crippen LogP contribution is -2.37. The van der Waals surface area contributed by atoms with Crippen molar-refractivity contribution in [3.8, 4) is 0 Å². The lowest BCUT2D eigenvalue weighted by molar-refractivity contribution is 0.0503. The lowest BCUT2D eigenvalue weighted by Gasteiger charge is -2.25. The Morgan fingerprint density at radius 1 is 1.18 bits per heavy atom. The van der Waals surface area contributed by atoms with Crippen LogP contribution in [0.4, 0.5) is 0 Å². The Labute approximate surface area is 165 Å². The Morgan fingerprint density at radius 2 is 1.93 bits per heavy atom. The summed E-state index contributed by atoms with van der Waals surface area (Å²) < 4.78 is 5.82. The standard InChI is InChI=1S/C23H27N3O2/c1-15-6-7-16(2)21-20(15)17(3)22(25-21)23(27)26(14-19-5-4-12-28-19)13-18-8-10-24-11-9-18/h6-11,19,25H,4-5,12-14H2,1-3H3. The first-order valence-electron chi connectivity index (χ1n) is 9.93. The van der Waals surface area contributed by atoms with Crippen LogP contribution in [-0.2, 0) is 11.3 Å². The molecule has 0 radical (unpaired) electrons. The highest BCUT2D eigenvalue weighted by Gasteiger charge is 2.26. The highest BCUT2D eigenvalue weighted by atomic mass is 16.5. The van der Waals surface area contributed by atoms with Crippen molar-refractivity contribution in [2.45, 2.75) is 46.3 Å². The van der Waals surface area contributed by atoms with Gasteiger partial charge in [-0.3, -0.25) is 9.78 Å². The molecule has 1 fully saturated rings. The molecule has 3 heterocycles. The maximum Gasteiger partial charge on any atom is 0.270 e. The van der Waals surface area contributed by atoms with Crippen LogP contribution < -0.4 is 0 Å². The Bertz CT molecular complexity index is 988. The average molecular weight is 377 g/mol. The zero-order valence-electron chi connectivity index (χ0n) is 16.8. The lowest BCUT2D eigenvalue weighted by atomic mass is 10.0. The van der Waals surface area contributed by atoms with Gasteiger partial charge >= 0.3 is 0 Å². The topological polar surface area (TPSA) is 58.2 Å². The molecule has 3 aromatic rings. The monoisotopic (exact) mass is 377 g/mol. The average Bonchev–Trinajstić information content (AvgIpc) is 3.33. The number of benzene rings is 1. The summed E-state index contributed by atoms with van der Waals surface area (Å²) in [5.41, 5.74) is 6.17. The highest BCUT2D eigenvalue weighted by molar-refractivity contribution is 6.02. The van der Waals surface area contributed by atoms with Crippen molar-refractivity contribution in [1.82, 2.24) is 14.9 Å². The Morgan fingerprint density at radius 3 is 2.61 bits per heavy atom. The van der Waals surface area contributed by atoms with Gasteiger partial charge in [0.2, 0.25) is 0 Å². The third kappa shape index (κ3) is 3.54. The van der Waals surface area contributed by atoms with Crippen molar-refractivity contribution in [3.05, 3.63) is 64.6 Å². The third-order valence-corrected chi connectivity index (χ3v) is 5.69. The number of aromatic amines is 1. The van der Waals surface area contributed by atoms with E-state index in [1.165, 1.54) is 5.56 Å². The van der Waals surface area contributed by atoms with Gasteiger partial charge in [0.15, 0.2) is 0 Å². The van der Waals surface area contributed by atoms with Crippen molar-refractivity contribution in [2.75, 3.05) is 13.2 Å². The van der Waals surface area contributed by atoms with Gasteiger partial charge in [0.05, 0.1) is 6.10 Å². The van der Waals surface area contributed by atoms with Gasteiger partial charge in [-0.25, -0.2) is 0 Å². The summed E-state index contributed by atoms with van der Waals surface area (Å²) in [5.74, 6) is 0.0276. The van der Waals surface area contributed by atoms with Crippen LogP contribution in [-0.4, -0.2) is 40.0 Å². The van der Waals surface area contributed by atoms with Crippen molar-refractivity contribution >= 4 is 16.8 Å². The van der Waals surface area contributed by atoms with Crippen LogP contribution in [0.1, 0.15) is 45.6 Å². The number of amides is 1. The molecule has 0 aliphatic carbocycles. The molecule has 0 spiro atoms. The van der Waals surface area contributed by atoms with Crippen LogP contribution in [0.25, 0.3) is 10.9 Å². The SMILES string of the molecule is Cc1ccc(C)c2c(C)c(C(=O)N(Cc3ccncc3)CC3CCCO3)[nH]c12. The molecule has 4 rings (SSSR count). The van der Waals surface area contributed by atoms with Crippen LogP contribution in [0.3, 0.4) is 0 Å². The predicted octanol–water partition coefficient (Wildman–Crippen LogP) is 4.31. The number of nitrogens with one attached hydrogen (secondary N) is 1. The quantitative estimate of drug-likeness (QED) is 0.721. The van der Waals surface area contributed by atoms with E-state index >= 15 is 0 Å². The molecule has 2 aromatic heterocycles. The molecule has 0 saturated carbocycles. The molecule has 146 valence electrons. The summed E-state index contributed by atoms with van der Waals surface area (Å²) in [7, 11) is 0. The molecule has 5 heteroatoms. The number of aryl methyl sites for hydroxylation is 3. The summed E-state index contributed by atoms with van der Waals surface area (Å²) in [6, 6.07) is 8.14. The zero-order valence-corrected chi connectivity index (χ0v) is 16.8. The highest BCUT2D eigenvalue weighted by Crippen LogP contribution is 2.29. The largest absolute Gasteiger partial charge is 0.376 e. The molecule has 28 heavy (non-hydrogen) atoms. The van der Waals surface area contributed by atoms with Crippen LogP contribution in [0, 0.1) is 20.8 Å². The van der Waals surface area contributed by atoms with Crippen LogP contribution >= 0.6 is 0 Å². The van der Waals surface area contributed by atoms with Gasteiger partial charge in [-0.2, -0.15) is 0 Å². The molecule has 5 nitrogen and oxygen atoms in total. The van der Waals surface area contributed by atoms with E-state index in [2.05, 4.69) is 35.9 Å². The Kier molecular flexibility index (Phi) is 5.18. The van der Waals surface area contributed by atoms with Crippen molar-refractivity contribution in [3.63, 3.8) is 0 Å². The zero-order chi connectivity index (χ0) is 19.7. The van der Waals surface area contributed by atoms with Gasteiger partial charge in [-0.05, 0) is 68.0 Å². The number of carbonyl (C=O) groups excluding carboxylic acids is 1. The van der Waals surface area contributed by atoms with E-state index < -0.39 is 0 Å². The van der Waals surface area contributed by atoms with Gasteiger partial charge in [-0.15, -0.1) is 0 Å². The fourth-order valence-electron chi connectivity index (χ4n) is 4.13. The number of rotatable bonds is 5. The minimum Gasteiger partial charge on any atom is -0.376 e. The summed E-state index contributed by atoms with van der Waals surface area (Å²) in [6.45, 7) is 8.15. The normalized spacial score (nSPS) is 16.6. The maximum absolute atomic E-state index is 13.6. The number of aromatic nitrogens is 2. The van der Waals surface area contributed by atoms with Gasteiger partial charge in [0.1, 0.15) is 5.69 Å². The maximum atomic E-state index is 13.6. The van der Waals surface area contributed by atoms with Gasteiger partial charge in [0.25, 0.3) is 5.91 Å². The summed E-state index contributed by atoms with van der Waals surface area (Å²) >= 11 is 0. The predicted molar refractivity (Wildman–Crippen MR) is 110 cm³/mol. The Balaban J connectivity index is 1.70. The molecule has 1 aromatic carbocycles. The first kappa shape index (κ1) is 18.7. The minimum absolute atomic E-state index is 0.0276. The number of hydrogen-bond acceptors (Lipinski definition) is 3. The molecule has 1 N–H and O–H groups in total. The van der Waals surface area contributed by atoms with Crippen LogP contribution in [0.2, 0.25) is 0 Å². The molecule has 1 aliphatic rings. The molecular formula is C23H27N3O2. The smallest absolute Gasteiger partial charge is 0.270 e. The van der Waals surface area contributed by atoms with E-state index in [-0.39, 0.29) is 12.0 Å². The van der Waals surface area contributed by atoms with Crippen molar-refractivity contribution in [1.29, 1.82) is 0 Å². The van der Waals surface area contributed by atoms with E-state index in [4.69, 9.17) is 4.74 Å².